The van der Waals surface area contributed by atoms with Crippen molar-refractivity contribution in [1.82, 2.24) is 10.2 Å². The molecule has 0 fully saturated rings. The summed E-state index contributed by atoms with van der Waals surface area (Å²) in [7, 11) is 3.88. The SMILES string of the molecule is CC(CNC(=O)c1cccc(N)c1O)N(C)C. The van der Waals surface area contributed by atoms with Crippen molar-refractivity contribution < 1.29 is 9.90 Å². The maximum absolute atomic E-state index is 11.8. The first kappa shape index (κ1) is 13.3. The molecule has 0 aliphatic heterocycles. The summed E-state index contributed by atoms with van der Waals surface area (Å²) in [6, 6.07) is 4.96. The summed E-state index contributed by atoms with van der Waals surface area (Å²) in [5, 5.41) is 12.4. The predicted molar refractivity (Wildman–Crippen MR) is 68.0 cm³/mol. The fourth-order valence-electron chi connectivity index (χ4n) is 1.26. The van der Waals surface area contributed by atoms with Gasteiger partial charge in [-0.3, -0.25) is 4.79 Å². The molecular weight excluding hydrogens is 218 g/mol. The number of likely N-dealkylation sites (N-methyl/N-ethyl adjacent to an activating group) is 1. The van der Waals surface area contributed by atoms with Gasteiger partial charge in [-0.05, 0) is 33.2 Å². The van der Waals surface area contributed by atoms with Crippen LogP contribution in [0.4, 0.5) is 5.69 Å². The van der Waals surface area contributed by atoms with E-state index in [0.717, 1.165) is 0 Å². The number of phenolic OH excluding ortho intramolecular Hbond substituents is 1. The van der Waals surface area contributed by atoms with Gasteiger partial charge in [0.25, 0.3) is 5.91 Å². The van der Waals surface area contributed by atoms with Crippen molar-refractivity contribution in [1.29, 1.82) is 0 Å². The number of rotatable bonds is 4. The summed E-state index contributed by atoms with van der Waals surface area (Å²) in [4.78, 5) is 13.8. The van der Waals surface area contributed by atoms with Crippen molar-refractivity contribution in [3.8, 4) is 5.75 Å². The molecule has 0 heterocycles. The highest BCUT2D eigenvalue weighted by molar-refractivity contribution is 5.98. The Labute approximate surface area is 101 Å². The smallest absolute Gasteiger partial charge is 0.255 e. The Kier molecular flexibility index (Phi) is 4.34. The Morgan fingerprint density at radius 1 is 1.53 bits per heavy atom. The van der Waals surface area contributed by atoms with Crippen LogP contribution in [0.25, 0.3) is 0 Å². The van der Waals surface area contributed by atoms with Crippen molar-refractivity contribution in [3.05, 3.63) is 23.8 Å². The Bertz CT molecular complexity index is 405. The minimum Gasteiger partial charge on any atom is -0.505 e. The van der Waals surface area contributed by atoms with Crippen molar-refractivity contribution >= 4 is 11.6 Å². The number of nitrogens with two attached hydrogens (primary N) is 1. The highest BCUT2D eigenvalue weighted by Gasteiger charge is 2.13. The second-order valence-electron chi connectivity index (χ2n) is 4.27. The number of carbonyl (C=O) groups excluding carboxylic acids is 1. The van der Waals surface area contributed by atoms with Crippen LogP contribution in [0.5, 0.6) is 5.75 Å². The molecule has 0 spiro atoms. The van der Waals surface area contributed by atoms with E-state index in [1.165, 1.54) is 0 Å². The first-order valence-electron chi connectivity index (χ1n) is 5.45. The molecule has 1 unspecified atom stereocenters. The summed E-state index contributed by atoms with van der Waals surface area (Å²) in [6.07, 6.45) is 0. The van der Waals surface area contributed by atoms with Crippen LogP contribution in [-0.2, 0) is 0 Å². The van der Waals surface area contributed by atoms with E-state index in [0.29, 0.717) is 6.54 Å². The van der Waals surface area contributed by atoms with Gasteiger partial charge in [-0.25, -0.2) is 0 Å². The van der Waals surface area contributed by atoms with Gasteiger partial charge in [-0.15, -0.1) is 0 Å². The number of nitrogen functional groups attached to an aromatic ring is 1. The number of hydrogen-bond acceptors (Lipinski definition) is 4. The molecule has 1 aromatic rings. The van der Waals surface area contributed by atoms with Crippen LogP contribution < -0.4 is 11.1 Å². The molecule has 0 radical (unpaired) electrons. The molecule has 0 bridgehead atoms. The van der Waals surface area contributed by atoms with Crippen molar-refractivity contribution in [3.63, 3.8) is 0 Å². The van der Waals surface area contributed by atoms with Gasteiger partial charge >= 0.3 is 0 Å². The molecule has 0 saturated heterocycles. The third kappa shape index (κ3) is 3.35. The zero-order valence-electron chi connectivity index (χ0n) is 10.4. The number of amides is 1. The van der Waals surface area contributed by atoms with Gasteiger partial charge in [0, 0.05) is 12.6 Å². The molecule has 1 atom stereocenters. The first-order valence-corrected chi connectivity index (χ1v) is 5.45. The molecule has 1 aromatic carbocycles. The van der Waals surface area contributed by atoms with Gasteiger partial charge in [0.15, 0.2) is 5.75 Å². The molecule has 5 heteroatoms. The van der Waals surface area contributed by atoms with Gasteiger partial charge in [-0.2, -0.15) is 0 Å². The average Bonchev–Trinajstić information content (AvgIpc) is 2.29. The number of nitrogens with zero attached hydrogens (tertiary/aromatic N) is 1. The molecule has 0 aromatic heterocycles. The maximum atomic E-state index is 11.8. The molecule has 94 valence electrons. The largest absolute Gasteiger partial charge is 0.505 e. The number of anilines is 1. The zero-order valence-corrected chi connectivity index (χ0v) is 10.4. The van der Waals surface area contributed by atoms with Crippen LogP contribution >= 0.6 is 0 Å². The van der Waals surface area contributed by atoms with E-state index < -0.39 is 0 Å². The highest BCUT2D eigenvalue weighted by atomic mass is 16.3. The molecular formula is C12H19N3O2. The average molecular weight is 237 g/mol. The number of phenols is 1. The summed E-state index contributed by atoms with van der Waals surface area (Å²) >= 11 is 0. The molecule has 4 N–H and O–H groups in total. The quantitative estimate of drug-likeness (QED) is 0.531. The number of nitrogens with one attached hydrogen (secondary N) is 1. The normalized spacial score (nSPS) is 12.5. The van der Waals surface area contributed by atoms with Gasteiger partial charge in [0.05, 0.1) is 11.3 Å². The number of hydrogen-bond donors (Lipinski definition) is 3. The van der Waals surface area contributed by atoms with E-state index >= 15 is 0 Å². The Morgan fingerprint density at radius 2 is 2.18 bits per heavy atom. The molecule has 0 saturated carbocycles. The van der Waals surface area contributed by atoms with Crippen LogP contribution in [-0.4, -0.2) is 42.6 Å². The Hall–Kier alpha value is -1.75. The first-order chi connectivity index (χ1) is 7.93. The van der Waals surface area contributed by atoms with Gasteiger partial charge < -0.3 is 21.1 Å². The van der Waals surface area contributed by atoms with E-state index in [4.69, 9.17) is 5.73 Å². The van der Waals surface area contributed by atoms with Gasteiger partial charge in [0.1, 0.15) is 0 Å². The minimum atomic E-state index is -0.316. The fraction of sp³-hybridized carbons (Fsp3) is 0.417. The van der Waals surface area contributed by atoms with Crippen LogP contribution in [0.15, 0.2) is 18.2 Å². The van der Waals surface area contributed by atoms with E-state index in [9.17, 15) is 9.90 Å². The minimum absolute atomic E-state index is 0.164. The monoisotopic (exact) mass is 237 g/mol. The molecule has 17 heavy (non-hydrogen) atoms. The topological polar surface area (TPSA) is 78.6 Å². The number of aromatic hydroxyl groups is 1. The zero-order chi connectivity index (χ0) is 13.0. The van der Waals surface area contributed by atoms with E-state index in [1.807, 2.05) is 25.9 Å². The van der Waals surface area contributed by atoms with Crippen molar-refractivity contribution in [2.75, 3.05) is 26.4 Å². The van der Waals surface area contributed by atoms with Crippen LogP contribution in [0.1, 0.15) is 17.3 Å². The van der Waals surface area contributed by atoms with Crippen LogP contribution in [0.3, 0.4) is 0 Å². The van der Waals surface area contributed by atoms with Crippen molar-refractivity contribution in [2.24, 2.45) is 0 Å². The summed E-state index contributed by atoms with van der Waals surface area (Å²) in [6.45, 7) is 2.51. The van der Waals surface area contributed by atoms with Gasteiger partial charge in [0.2, 0.25) is 0 Å². The fourth-order valence-corrected chi connectivity index (χ4v) is 1.26. The van der Waals surface area contributed by atoms with E-state index in [2.05, 4.69) is 5.32 Å². The second kappa shape index (κ2) is 5.54. The third-order valence-electron chi connectivity index (χ3n) is 2.75. The lowest BCUT2D eigenvalue weighted by Crippen LogP contribution is -2.38. The van der Waals surface area contributed by atoms with E-state index in [-0.39, 0.29) is 28.9 Å². The lowest BCUT2D eigenvalue weighted by atomic mass is 10.1. The van der Waals surface area contributed by atoms with Crippen molar-refractivity contribution in [2.45, 2.75) is 13.0 Å². The lowest BCUT2D eigenvalue weighted by Gasteiger charge is -2.20. The molecule has 5 nitrogen and oxygen atoms in total. The van der Waals surface area contributed by atoms with E-state index in [1.54, 1.807) is 18.2 Å². The standard InChI is InChI=1S/C12H19N3O2/c1-8(15(2)3)7-14-12(17)9-5-4-6-10(13)11(9)16/h4-6,8,16H,7,13H2,1-3H3,(H,14,17). The second-order valence-corrected chi connectivity index (χ2v) is 4.27. The van der Waals surface area contributed by atoms with Crippen LogP contribution in [0, 0.1) is 0 Å². The molecule has 1 rings (SSSR count). The predicted octanol–water partition coefficient (Wildman–Crippen LogP) is 0.654. The van der Waals surface area contributed by atoms with Crippen LogP contribution in [0.2, 0.25) is 0 Å². The Balaban J connectivity index is 2.68. The number of carbonyl (C=O) groups is 1. The third-order valence-corrected chi connectivity index (χ3v) is 2.75. The highest BCUT2D eigenvalue weighted by Crippen LogP contribution is 2.23. The van der Waals surface area contributed by atoms with Gasteiger partial charge in [-0.1, -0.05) is 6.07 Å². The number of para-hydroxylation sites is 1. The molecule has 1 amide bonds. The Morgan fingerprint density at radius 3 is 2.76 bits per heavy atom. The molecule has 0 aliphatic carbocycles. The summed E-state index contributed by atoms with van der Waals surface area (Å²) in [5.41, 5.74) is 5.94. The lowest BCUT2D eigenvalue weighted by molar-refractivity contribution is 0.0941. The number of benzene rings is 1. The summed E-state index contributed by atoms with van der Waals surface area (Å²) < 4.78 is 0. The maximum Gasteiger partial charge on any atom is 0.255 e. The summed E-state index contributed by atoms with van der Waals surface area (Å²) in [5.74, 6) is -0.481. The molecule has 0 aliphatic rings.